The smallest absolute Gasteiger partial charge is 0.379 e. The summed E-state index contributed by atoms with van der Waals surface area (Å²) in [6, 6.07) is 10.2. The molecule has 1 N–H and O–H groups in total. The lowest BCUT2D eigenvalue weighted by Crippen LogP contribution is -2.11. The largest absolute Gasteiger partial charge is 0.398 e. The lowest BCUT2D eigenvalue weighted by molar-refractivity contribution is -0.105. The van der Waals surface area contributed by atoms with Crippen LogP contribution in [-0.2, 0) is 6.54 Å². The Morgan fingerprint density at radius 1 is 1.17 bits per heavy atom. The second-order valence-electron chi connectivity index (χ2n) is 4.98. The molecule has 0 radical (unpaired) electrons. The fraction of sp³-hybridized carbons (Fsp3) is 0.250. The summed E-state index contributed by atoms with van der Waals surface area (Å²) in [5.74, 6) is -1.47. The molecule has 0 aliphatic carbocycles. The molecule has 2 aromatic carbocycles. The predicted molar refractivity (Wildman–Crippen MR) is 89.4 cm³/mol. The number of aryl methyl sites for hydroxylation is 1. The first-order chi connectivity index (χ1) is 10.7. The fourth-order valence-corrected chi connectivity index (χ4v) is 3.20. The van der Waals surface area contributed by atoms with Gasteiger partial charge in [0.1, 0.15) is 5.82 Å². The van der Waals surface area contributed by atoms with Gasteiger partial charge < -0.3 is 5.32 Å². The summed E-state index contributed by atoms with van der Waals surface area (Å²) in [7, 11) is 0. The molecule has 0 aliphatic rings. The Morgan fingerprint density at radius 3 is 2.57 bits per heavy atom. The van der Waals surface area contributed by atoms with E-state index in [9.17, 15) is 17.6 Å². The average Bonchev–Trinajstić information content (AvgIpc) is 2.44. The molecule has 0 unspecified atom stereocenters. The molecule has 7 heteroatoms. The van der Waals surface area contributed by atoms with Crippen molar-refractivity contribution >= 4 is 33.4 Å². The summed E-state index contributed by atoms with van der Waals surface area (Å²) in [5.41, 5.74) is 1.62. The second-order valence-corrected chi connectivity index (χ2v) is 6.92. The maximum absolute atomic E-state index is 14.0. The van der Waals surface area contributed by atoms with E-state index in [1.54, 1.807) is 6.92 Å². The zero-order valence-electron chi connectivity index (χ0n) is 12.2. The van der Waals surface area contributed by atoms with Gasteiger partial charge in [0.05, 0.1) is 11.4 Å². The van der Waals surface area contributed by atoms with Crippen molar-refractivity contribution in [2.24, 2.45) is 0 Å². The van der Waals surface area contributed by atoms with E-state index in [1.807, 2.05) is 24.3 Å². The predicted octanol–water partition coefficient (Wildman–Crippen LogP) is 6.16. The van der Waals surface area contributed by atoms with Crippen LogP contribution in [0.1, 0.15) is 11.1 Å². The number of hydrogen-bond donors (Lipinski definition) is 1. The molecule has 0 amide bonds. The zero-order chi connectivity index (χ0) is 17.0. The van der Waals surface area contributed by atoms with Crippen LogP contribution in [0, 0.1) is 12.7 Å². The Bertz CT molecular complexity index is 688. The number of hydrogen-bond acceptors (Lipinski definition) is 2. The zero-order valence-corrected chi connectivity index (χ0v) is 14.6. The highest BCUT2D eigenvalue weighted by atomic mass is 79.9. The van der Waals surface area contributed by atoms with Crippen molar-refractivity contribution < 1.29 is 17.6 Å². The number of anilines is 1. The Balaban J connectivity index is 2.12. The number of nitrogens with one attached hydrogen (secondary N) is 1. The third-order valence-electron chi connectivity index (χ3n) is 3.03. The average molecular weight is 408 g/mol. The molecule has 0 aliphatic heterocycles. The van der Waals surface area contributed by atoms with Crippen molar-refractivity contribution in [1.29, 1.82) is 0 Å². The van der Waals surface area contributed by atoms with Crippen molar-refractivity contribution in [3.63, 3.8) is 0 Å². The van der Waals surface area contributed by atoms with E-state index in [0.717, 1.165) is 10.0 Å². The van der Waals surface area contributed by atoms with E-state index in [4.69, 9.17) is 0 Å². The van der Waals surface area contributed by atoms with Crippen LogP contribution in [-0.4, -0.2) is 11.9 Å². The summed E-state index contributed by atoms with van der Waals surface area (Å²) in [4.78, 5) is 0.417. The highest BCUT2D eigenvalue weighted by Crippen LogP contribution is 2.32. The number of thioether (sulfide) groups is 1. The summed E-state index contributed by atoms with van der Waals surface area (Å²) < 4.78 is 51.9. The van der Waals surface area contributed by atoms with Crippen LogP contribution in [0.25, 0.3) is 0 Å². The quantitative estimate of drug-likeness (QED) is 0.470. The minimum Gasteiger partial charge on any atom is -0.379 e. The third-order valence-corrected chi connectivity index (χ3v) is 4.74. The molecule has 0 aromatic heterocycles. The first kappa shape index (κ1) is 18.1. The fourth-order valence-electron chi connectivity index (χ4n) is 1.95. The molecule has 2 aromatic rings. The van der Waals surface area contributed by atoms with Crippen molar-refractivity contribution in [1.82, 2.24) is 0 Å². The first-order valence-electron chi connectivity index (χ1n) is 6.72. The number of benzene rings is 2. The molecule has 0 fully saturated rings. The van der Waals surface area contributed by atoms with E-state index in [0.29, 0.717) is 28.8 Å². The van der Waals surface area contributed by atoms with Gasteiger partial charge in [-0.2, -0.15) is 13.2 Å². The van der Waals surface area contributed by atoms with E-state index in [1.165, 1.54) is 12.1 Å². The van der Waals surface area contributed by atoms with Crippen LogP contribution in [0.3, 0.4) is 0 Å². The van der Waals surface area contributed by atoms with Crippen LogP contribution in [0.15, 0.2) is 45.8 Å². The summed E-state index contributed by atoms with van der Waals surface area (Å²) >= 11 is 4.01. The van der Waals surface area contributed by atoms with E-state index < -0.39 is 17.7 Å². The van der Waals surface area contributed by atoms with Gasteiger partial charge in [-0.05, 0) is 42.3 Å². The maximum atomic E-state index is 14.0. The molecule has 0 saturated heterocycles. The number of rotatable bonds is 5. The Hall–Kier alpha value is -1.21. The van der Waals surface area contributed by atoms with Crippen molar-refractivity contribution in [3.05, 3.63) is 57.8 Å². The maximum Gasteiger partial charge on any atom is 0.398 e. The van der Waals surface area contributed by atoms with Gasteiger partial charge in [0, 0.05) is 15.9 Å². The van der Waals surface area contributed by atoms with Crippen LogP contribution in [0.5, 0.6) is 0 Å². The Morgan fingerprint density at radius 2 is 1.91 bits per heavy atom. The Kier molecular flexibility index (Phi) is 5.97. The normalized spacial score (nSPS) is 11.6. The van der Waals surface area contributed by atoms with Crippen LogP contribution >= 0.6 is 27.7 Å². The van der Waals surface area contributed by atoms with Crippen LogP contribution < -0.4 is 5.32 Å². The van der Waals surface area contributed by atoms with Gasteiger partial charge in [0.15, 0.2) is 0 Å². The Labute approximate surface area is 144 Å². The third kappa shape index (κ3) is 5.73. The molecule has 0 saturated carbocycles. The minimum absolute atomic E-state index is 0.195. The van der Waals surface area contributed by atoms with Crippen molar-refractivity contribution in [2.45, 2.75) is 24.5 Å². The molecule has 124 valence electrons. The van der Waals surface area contributed by atoms with E-state index in [2.05, 4.69) is 21.2 Å². The molecular weight excluding hydrogens is 394 g/mol. The lowest BCUT2D eigenvalue weighted by Gasteiger charge is -2.13. The molecule has 2 rings (SSSR count). The van der Waals surface area contributed by atoms with Crippen LogP contribution in [0.4, 0.5) is 23.2 Å². The summed E-state index contributed by atoms with van der Waals surface area (Å²) in [6.45, 7) is 1.97. The summed E-state index contributed by atoms with van der Waals surface area (Å²) in [6.07, 6.45) is -4.25. The highest BCUT2D eigenvalue weighted by Gasteiger charge is 2.27. The number of alkyl halides is 3. The molecule has 23 heavy (non-hydrogen) atoms. The highest BCUT2D eigenvalue weighted by molar-refractivity contribution is 9.10. The number of halogens is 5. The van der Waals surface area contributed by atoms with Crippen LogP contribution in [0.2, 0.25) is 0 Å². The van der Waals surface area contributed by atoms with Gasteiger partial charge in [0.2, 0.25) is 0 Å². The van der Waals surface area contributed by atoms with Gasteiger partial charge in [-0.15, -0.1) is 11.8 Å². The van der Waals surface area contributed by atoms with Gasteiger partial charge in [-0.25, -0.2) is 4.39 Å². The van der Waals surface area contributed by atoms with Gasteiger partial charge in [-0.3, -0.25) is 0 Å². The first-order valence-corrected chi connectivity index (χ1v) is 8.50. The van der Waals surface area contributed by atoms with Gasteiger partial charge >= 0.3 is 6.18 Å². The second kappa shape index (κ2) is 7.57. The molecule has 0 spiro atoms. The topological polar surface area (TPSA) is 12.0 Å². The molecule has 1 nitrogen and oxygen atoms in total. The van der Waals surface area contributed by atoms with E-state index in [-0.39, 0.29) is 5.69 Å². The van der Waals surface area contributed by atoms with E-state index >= 15 is 0 Å². The molecular formula is C16H14BrF4NS. The standard InChI is InChI=1S/C16H14BrF4NS/c1-10-5-13(18)14(7-15(10)23-9-16(19,20)21)22-8-11-3-2-4-12(17)6-11/h2-7,22H,8-9H2,1H3. The minimum atomic E-state index is -4.25. The summed E-state index contributed by atoms with van der Waals surface area (Å²) in [5, 5.41) is 2.93. The van der Waals surface area contributed by atoms with Gasteiger partial charge in [0.25, 0.3) is 0 Å². The lowest BCUT2D eigenvalue weighted by atomic mass is 10.2. The van der Waals surface area contributed by atoms with Crippen molar-refractivity contribution in [3.8, 4) is 0 Å². The van der Waals surface area contributed by atoms with Crippen molar-refractivity contribution in [2.75, 3.05) is 11.1 Å². The molecule has 0 atom stereocenters. The molecule has 0 bridgehead atoms. The SMILES string of the molecule is Cc1cc(F)c(NCc2cccc(Br)c2)cc1SCC(F)(F)F. The van der Waals surface area contributed by atoms with Gasteiger partial charge in [-0.1, -0.05) is 28.1 Å². The monoisotopic (exact) mass is 407 g/mol. The molecule has 0 heterocycles.